The van der Waals surface area contributed by atoms with E-state index in [0.29, 0.717) is 5.06 Å². The number of anilines is 1. The molecule has 26 heavy (non-hydrogen) atoms. The van der Waals surface area contributed by atoms with Crippen molar-refractivity contribution in [3.63, 3.8) is 0 Å². The number of para-hydroxylation sites is 1. The molecule has 0 bridgehead atoms. The lowest BCUT2D eigenvalue weighted by Crippen LogP contribution is -2.57. The zero-order chi connectivity index (χ0) is 19.2. The van der Waals surface area contributed by atoms with Crippen molar-refractivity contribution in [2.24, 2.45) is 4.99 Å². The Balaban J connectivity index is 2.20. The van der Waals surface area contributed by atoms with Crippen LogP contribution in [0.25, 0.3) is 0 Å². The Kier molecular flexibility index (Phi) is 4.40. The van der Waals surface area contributed by atoms with E-state index >= 15 is 0 Å². The first kappa shape index (κ1) is 18.5. The van der Waals surface area contributed by atoms with Crippen LogP contribution in [0.1, 0.15) is 5.56 Å². The third-order valence-corrected chi connectivity index (χ3v) is 3.79. The molecule has 3 nitrogen and oxygen atoms in total. The Hall–Kier alpha value is -2.26. The molecule has 1 aliphatic rings. The number of halogens is 7. The van der Waals surface area contributed by atoms with Gasteiger partial charge in [0.15, 0.2) is 5.84 Å². The van der Waals surface area contributed by atoms with Crippen molar-refractivity contribution in [2.75, 3.05) is 5.06 Å². The first-order valence-corrected chi connectivity index (χ1v) is 7.46. The lowest BCUT2D eigenvalue weighted by molar-refractivity contribution is -0.372. The lowest BCUT2D eigenvalue weighted by atomic mass is 10.1. The second-order valence-corrected chi connectivity index (χ2v) is 5.74. The number of rotatable bonds is 2. The van der Waals surface area contributed by atoms with Gasteiger partial charge in [-0.15, -0.1) is 0 Å². The first-order valence-electron chi connectivity index (χ1n) is 7.09. The summed E-state index contributed by atoms with van der Waals surface area (Å²) in [6.45, 7) is 0. The van der Waals surface area contributed by atoms with Crippen molar-refractivity contribution in [2.45, 2.75) is 18.1 Å². The predicted octanol–water partition coefficient (Wildman–Crippen LogP) is 5.36. The molecular formula is C16H9ClF6N2O. The van der Waals surface area contributed by atoms with Gasteiger partial charge in [0.1, 0.15) is 0 Å². The van der Waals surface area contributed by atoms with Crippen molar-refractivity contribution < 1.29 is 31.2 Å². The van der Waals surface area contributed by atoms with Crippen LogP contribution in [0.3, 0.4) is 0 Å². The van der Waals surface area contributed by atoms with Gasteiger partial charge in [0.05, 0.1) is 5.69 Å². The molecule has 0 N–H and O–H groups in total. The number of hydrogen-bond donors (Lipinski definition) is 0. The quantitative estimate of drug-likeness (QED) is 0.641. The van der Waals surface area contributed by atoms with E-state index in [1.807, 2.05) is 0 Å². The van der Waals surface area contributed by atoms with Gasteiger partial charge in [-0.3, -0.25) is 0 Å². The Morgan fingerprint density at radius 2 is 1.38 bits per heavy atom. The summed E-state index contributed by atoms with van der Waals surface area (Å²) in [6, 6.07) is 12.2. The van der Waals surface area contributed by atoms with E-state index in [1.54, 1.807) is 6.07 Å². The largest absolute Gasteiger partial charge is 0.450 e. The first-order chi connectivity index (χ1) is 12.1. The molecule has 138 valence electrons. The van der Waals surface area contributed by atoms with E-state index in [1.165, 1.54) is 48.5 Å². The molecule has 10 heteroatoms. The van der Waals surface area contributed by atoms with Crippen molar-refractivity contribution in [3.05, 3.63) is 65.2 Å². The van der Waals surface area contributed by atoms with Crippen LogP contribution in [-0.4, -0.2) is 23.9 Å². The number of benzene rings is 2. The molecule has 1 heterocycles. The topological polar surface area (TPSA) is 24.8 Å². The molecule has 3 rings (SSSR count). The number of aliphatic imine (C=N–C) groups is 1. The summed E-state index contributed by atoms with van der Waals surface area (Å²) < 4.78 is 80.1. The third-order valence-electron chi connectivity index (χ3n) is 3.54. The molecule has 0 saturated heterocycles. The maximum absolute atomic E-state index is 13.4. The molecule has 0 aromatic heterocycles. The third kappa shape index (κ3) is 3.01. The SMILES string of the molecule is FC(F)(F)C1(C(F)(F)F)N=C(c2ccc(Cl)cc2)N(c2ccccc2)O1. The molecule has 0 amide bonds. The standard InChI is InChI=1S/C16H9ClF6N2O/c17-11-8-6-10(7-9-11)13-24-14(15(18,19)20,16(21,22)23)26-25(13)12-4-2-1-3-5-12/h1-9H. The van der Waals surface area contributed by atoms with E-state index in [4.69, 9.17) is 11.6 Å². The van der Waals surface area contributed by atoms with Crippen LogP contribution in [0.15, 0.2) is 59.6 Å². The van der Waals surface area contributed by atoms with E-state index in [2.05, 4.69) is 9.83 Å². The molecule has 1 aliphatic heterocycles. The monoisotopic (exact) mass is 394 g/mol. The van der Waals surface area contributed by atoms with Crippen LogP contribution in [0.2, 0.25) is 5.02 Å². The van der Waals surface area contributed by atoms with Gasteiger partial charge in [0, 0.05) is 10.6 Å². The van der Waals surface area contributed by atoms with Crippen LogP contribution in [0.4, 0.5) is 32.0 Å². The summed E-state index contributed by atoms with van der Waals surface area (Å²) in [4.78, 5) is 7.35. The number of alkyl halides is 6. The van der Waals surface area contributed by atoms with Crippen LogP contribution in [-0.2, 0) is 4.84 Å². The van der Waals surface area contributed by atoms with Gasteiger partial charge in [-0.25, -0.2) is 9.83 Å². The summed E-state index contributed by atoms with van der Waals surface area (Å²) in [5, 5.41) is 0.682. The highest BCUT2D eigenvalue weighted by molar-refractivity contribution is 6.30. The highest BCUT2D eigenvalue weighted by atomic mass is 35.5. The molecule has 0 aliphatic carbocycles. The smallest absolute Gasteiger partial charge is 0.217 e. The zero-order valence-electron chi connectivity index (χ0n) is 12.6. The van der Waals surface area contributed by atoms with Crippen LogP contribution >= 0.6 is 11.6 Å². The highest BCUT2D eigenvalue weighted by Crippen LogP contribution is 2.51. The number of amidine groups is 1. The van der Waals surface area contributed by atoms with Crippen molar-refractivity contribution in [1.82, 2.24) is 0 Å². The normalized spacial score (nSPS) is 17.3. The van der Waals surface area contributed by atoms with Gasteiger partial charge in [-0.05, 0) is 36.4 Å². The van der Waals surface area contributed by atoms with Gasteiger partial charge in [-0.1, -0.05) is 29.8 Å². The fraction of sp³-hybridized carbons (Fsp3) is 0.188. The van der Waals surface area contributed by atoms with Crippen LogP contribution < -0.4 is 5.06 Å². The maximum Gasteiger partial charge on any atom is 0.450 e. The Bertz CT molecular complexity index is 803. The maximum atomic E-state index is 13.4. The molecule has 0 fully saturated rings. The Labute approximate surface area is 148 Å². The Morgan fingerprint density at radius 3 is 1.88 bits per heavy atom. The molecule has 2 aromatic rings. The molecule has 2 aromatic carbocycles. The summed E-state index contributed by atoms with van der Waals surface area (Å²) in [5.41, 5.74) is -4.77. The second-order valence-electron chi connectivity index (χ2n) is 5.30. The minimum Gasteiger partial charge on any atom is -0.217 e. The summed E-state index contributed by atoms with van der Waals surface area (Å²) >= 11 is 5.73. The van der Waals surface area contributed by atoms with E-state index in [-0.39, 0.29) is 16.3 Å². The van der Waals surface area contributed by atoms with Crippen molar-refractivity contribution >= 4 is 23.1 Å². The van der Waals surface area contributed by atoms with Gasteiger partial charge >= 0.3 is 18.1 Å². The Morgan fingerprint density at radius 1 is 0.846 bits per heavy atom. The second kappa shape index (κ2) is 6.17. The average Bonchev–Trinajstić information content (AvgIpc) is 2.98. The molecule has 0 radical (unpaired) electrons. The van der Waals surface area contributed by atoms with Crippen LogP contribution in [0, 0.1) is 0 Å². The molecule has 0 atom stereocenters. The summed E-state index contributed by atoms with van der Waals surface area (Å²) in [5.74, 6) is -0.637. The van der Waals surface area contributed by atoms with Gasteiger partial charge in [0.2, 0.25) is 0 Å². The minimum absolute atomic E-state index is 0.0198. The highest BCUT2D eigenvalue weighted by Gasteiger charge is 2.77. The molecule has 0 saturated carbocycles. The molecule has 0 spiro atoms. The van der Waals surface area contributed by atoms with Crippen LogP contribution in [0.5, 0.6) is 0 Å². The van der Waals surface area contributed by atoms with Crippen molar-refractivity contribution in [1.29, 1.82) is 0 Å². The number of hydroxylamine groups is 1. The summed E-state index contributed by atoms with van der Waals surface area (Å²) in [7, 11) is 0. The van der Waals surface area contributed by atoms with E-state index in [0.717, 1.165) is 0 Å². The fourth-order valence-corrected chi connectivity index (χ4v) is 2.43. The zero-order valence-corrected chi connectivity index (χ0v) is 13.4. The number of nitrogens with zero attached hydrogens (tertiary/aromatic N) is 2. The van der Waals surface area contributed by atoms with Gasteiger partial charge in [-0.2, -0.15) is 31.4 Å². The van der Waals surface area contributed by atoms with Gasteiger partial charge < -0.3 is 0 Å². The van der Waals surface area contributed by atoms with E-state index < -0.39 is 23.9 Å². The predicted molar refractivity (Wildman–Crippen MR) is 82.8 cm³/mol. The fourth-order valence-electron chi connectivity index (χ4n) is 2.30. The number of hydrogen-bond acceptors (Lipinski definition) is 3. The van der Waals surface area contributed by atoms with Crippen molar-refractivity contribution in [3.8, 4) is 0 Å². The minimum atomic E-state index is -5.83. The summed E-state index contributed by atoms with van der Waals surface area (Å²) in [6.07, 6.45) is -11.7. The molecular weight excluding hydrogens is 386 g/mol. The average molecular weight is 395 g/mol. The lowest BCUT2D eigenvalue weighted by Gasteiger charge is -2.30. The van der Waals surface area contributed by atoms with E-state index in [9.17, 15) is 26.3 Å². The van der Waals surface area contributed by atoms with Gasteiger partial charge in [0.25, 0.3) is 0 Å². The molecule has 0 unspecified atom stereocenters.